The number of rotatable bonds is 4. The van der Waals surface area contributed by atoms with E-state index in [1.165, 1.54) is 0 Å². The van der Waals surface area contributed by atoms with Crippen LogP contribution in [0.2, 0.25) is 10.0 Å². The van der Waals surface area contributed by atoms with E-state index in [1.807, 2.05) is 43.4 Å². The van der Waals surface area contributed by atoms with E-state index in [2.05, 4.69) is 16.8 Å². The summed E-state index contributed by atoms with van der Waals surface area (Å²) in [5.41, 5.74) is 2.72. The lowest BCUT2D eigenvalue weighted by Crippen LogP contribution is -2.22. The fourth-order valence-electron chi connectivity index (χ4n) is 2.42. The topological polar surface area (TPSA) is 29.3 Å². The average Bonchev–Trinajstić information content (AvgIpc) is 2.88. The molecule has 1 atom stereocenters. The molecule has 0 spiro atoms. The van der Waals surface area contributed by atoms with Crippen molar-refractivity contribution in [3.05, 3.63) is 64.0 Å². The molecule has 0 aliphatic heterocycles. The van der Waals surface area contributed by atoms with Crippen molar-refractivity contribution in [2.24, 2.45) is 0 Å². The minimum atomic E-state index is 0.125. The Morgan fingerprint density at radius 3 is 2.68 bits per heavy atom. The van der Waals surface area contributed by atoms with Gasteiger partial charge in [0, 0.05) is 16.1 Å². The zero-order valence-electron chi connectivity index (χ0n) is 12.4. The molecular weight excluding hydrogens is 319 g/mol. The molecular formula is C17H16Cl2N2O. The third-order valence-electron chi connectivity index (χ3n) is 3.80. The second kappa shape index (κ2) is 6.29. The highest BCUT2D eigenvalue weighted by atomic mass is 35.5. The smallest absolute Gasteiger partial charge is 0.209 e. The molecule has 0 fully saturated rings. The number of benzene rings is 2. The Bertz CT molecular complexity index is 767. The van der Waals surface area contributed by atoms with Gasteiger partial charge in [-0.2, -0.15) is 0 Å². The number of fused-ring (bicyclic) bond motifs is 1. The molecule has 5 heteroatoms. The molecule has 1 aromatic heterocycles. The van der Waals surface area contributed by atoms with Gasteiger partial charge in [0.15, 0.2) is 5.58 Å². The standard InChI is InChI=1S/C17H16Cl2N2O/c1-11(13-8-7-12(18)9-14(13)19)21(2)10-17-20-15-5-3-4-6-16(15)22-17/h3-9,11H,10H2,1-2H3/t11-/m0/s1. The van der Waals surface area contributed by atoms with E-state index < -0.39 is 0 Å². The predicted molar refractivity (Wildman–Crippen MR) is 90.4 cm³/mol. The van der Waals surface area contributed by atoms with Crippen molar-refractivity contribution in [2.75, 3.05) is 7.05 Å². The van der Waals surface area contributed by atoms with Gasteiger partial charge in [0.05, 0.1) is 6.54 Å². The maximum atomic E-state index is 6.29. The van der Waals surface area contributed by atoms with E-state index in [1.54, 1.807) is 6.07 Å². The van der Waals surface area contributed by atoms with Crippen LogP contribution < -0.4 is 0 Å². The zero-order chi connectivity index (χ0) is 15.7. The summed E-state index contributed by atoms with van der Waals surface area (Å²) in [5, 5.41) is 1.31. The van der Waals surface area contributed by atoms with Crippen LogP contribution in [0.3, 0.4) is 0 Å². The molecule has 22 heavy (non-hydrogen) atoms. The summed E-state index contributed by atoms with van der Waals surface area (Å²) in [6.07, 6.45) is 0. The van der Waals surface area contributed by atoms with E-state index in [4.69, 9.17) is 27.6 Å². The largest absolute Gasteiger partial charge is 0.439 e. The van der Waals surface area contributed by atoms with Crippen molar-refractivity contribution in [3.63, 3.8) is 0 Å². The van der Waals surface area contributed by atoms with Crippen LogP contribution >= 0.6 is 23.2 Å². The molecule has 0 saturated heterocycles. The molecule has 1 heterocycles. The van der Waals surface area contributed by atoms with Crippen molar-refractivity contribution in [1.29, 1.82) is 0 Å². The summed E-state index contributed by atoms with van der Waals surface area (Å²) in [4.78, 5) is 6.64. The number of aromatic nitrogens is 1. The summed E-state index contributed by atoms with van der Waals surface area (Å²) in [6.45, 7) is 2.70. The van der Waals surface area contributed by atoms with Crippen molar-refractivity contribution >= 4 is 34.3 Å². The van der Waals surface area contributed by atoms with Gasteiger partial charge in [-0.1, -0.05) is 41.4 Å². The fourth-order valence-corrected chi connectivity index (χ4v) is 2.98. The molecule has 3 rings (SSSR count). The normalized spacial score (nSPS) is 13.0. The van der Waals surface area contributed by atoms with Gasteiger partial charge in [0.1, 0.15) is 5.52 Å². The van der Waals surface area contributed by atoms with E-state index in [9.17, 15) is 0 Å². The predicted octanol–water partition coefficient (Wildman–Crippen LogP) is 5.33. The molecule has 0 aliphatic carbocycles. The first-order valence-corrected chi connectivity index (χ1v) is 7.80. The van der Waals surface area contributed by atoms with Gasteiger partial charge in [0.25, 0.3) is 0 Å². The first-order valence-electron chi connectivity index (χ1n) is 7.04. The van der Waals surface area contributed by atoms with Gasteiger partial charge in [-0.25, -0.2) is 4.98 Å². The molecule has 0 N–H and O–H groups in total. The van der Waals surface area contributed by atoms with Crippen molar-refractivity contribution in [1.82, 2.24) is 9.88 Å². The Morgan fingerprint density at radius 1 is 1.18 bits per heavy atom. The third kappa shape index (κ3) is 3.12. The van der Waals surface area contributed by atoms with Crippen molar-refractivity contribution in [3.8, 4) is 0 Å². The molecule has 2 aromatic carbocycles. The van der Waals surface area contributed by atoms with Crippen LogP contribution in [0.15, 0.2) is 46.9 Å². The van der Waals surface area contributed by atoms with Gasteiger partial charge >= 0.3 is 0 Å². The van der Waals surface area contributed by atoms with Gasteiger partial charge in [-0.15, -0.1) is 0 Å². The van der Waals surface area contributed by atoms with Crippen LogP contribution in [0.25, 0.3) is 11.1 Å². The Kier molecular flexibility index (Phi) is 4.39. The molecule has 114 valence electrons. The minimum absolute atomic E-state index is 0.125. The van der Waals surface area contributed by atoms with Crippen LogP contribution in [-0.4, -0.2) is 16.9 Å². The van der Waals surface area contributed by atoms with Crippen molar-refractivity contribution < 1.29 is 4.42 Å². The first-order chi connectivity index (χ1) is 10.5. The number of halogens is 2. The quantitative estimate of drug-likeness (QED) is 0.645. The van der Waals surface area contributed by atoms with Gasteiger partial charge in [0.2, 0.25) is 5.89 Å². The summed E-state index contributed by atoms with van der Waals surface area (Å²) in [6, 6.07) is 13.5. The molecule has 0 unspecified atom stereocenters. The van der Waals surface area contributed by atoms with Crippen LogP contribution in [0.4, 0.5) is 0 Å². The number of hydrogen-bond acceptors (Lipinski definition) is 3. The number of nitrogens with zero attached hydrogens (tertiary/aromatic N) is 2. The van der Waals surface area contributed by atoms with E-state index in [-0.39, 0.29) is 6.04 Å². The molecule has 0 radical (unpaired) electrons. The maximum Gasteiger partial charge on any atom is 0.209 e. The van der Waals surface area contributed by atoms with Gasteiger partial charge < -0.3 is 4.42 Å². The minimum Gasteiger partial charge on any atom is -0.439 e. The highest BCUT2D eigenvalue weighted by molar-refractivity contribution is 6.35. The third-order valence-corrected chi connectivity index (χ3v) is 4.36. The van der Waals surface area contributed by atoms with E-state index in [0.29, 0.717) is 22.5 Å². The average molecular weight is 335 g/mol. The van der Waals surface area contributed by atoms with Crippen LogP contribution in [-0.2, 0) is 6.54 Å². The number of para-hydroxylation sites is 2. The van der Waals surface area contributed by atoms with E-state index >= 15 is 0 Å². The Morgan fingerprint density at radius 2 is 1.95 bits per heavy atom. The lowest BCUT2D eigenvalue weighted by Gasteiger charge is -2.24. The maximum absolute atomic E-state index is 6.29. The van der Waals surface area contributed by atoms with Crippen LogP contribution in [0.1, 0.15) is 24.4 Å². The summed E-state index contributed by atoms with van der Waals surface area (Å²) in [7, 11) is 2.02. The molecule has 0 amide bonds. The fraction of sp³-hybridized carbons (Fsp3) is 0.235. The molecule has 0 aliphatic rings. The lowest BCUT2D eigenvalue weighted by atomic mass is 10.1. The van der Waals surface area contributed by atoms with Crippen LogP contribution in [0, 0.1) is 0 Å². The second-order valence-corrected chi connectivity index (χ2v) is 6.18. The second-order valence-electron chi connectivity index (χ2n) is 5.33. The SMILES string of the molecule is C[C@@H](c1ccc(Cl)cc1Cl)N(C)Cc1nc2ccccc2o1. The summed E-state index contributed by atoms with van der Waals surface area (Å²) in [5.74, 6) is 0.695. The highest BCUT2D eigenvalue weighted by Gasteiger charge is 2.17. The summed E-state index contributed by atoms with van der Waals surface area (Å²) < 4.78 is 5.77. The Labute approximate surface area is 139 Å². The summed E-state index contributed by atoms with van der Waals surface area (Å²) >= 11 is 12.2. The Balaban J connectivity index is 1.79. The Hall–Kier alpha value is -1.55. The zero-order valence-corrected chi connectivity index (χ0v) is 13.9. The molecule has 3 nitrogen and oxygen atoms in total. The molecule has 3 aromatic rings. The van der Waals surface area contributed by atoms with Gasteiger partial charge in [-0.3, -0.25) is 4.90 Å². The molecule has 0 bridgehead atoms. The lowest BCUT2D eigenvalue weighted by molar-refractivity contribution is 0.230. The van der Waals surface area contributed by atoms with Gasteiger partial charge in [-0.05, 0) is 43.8 Å². The monoisotopic (exact) mass is 334 g/mol. The van der Waals surface area contributed by atoms with Crippen LogP contribution in [0.5, 0.6) is 0 Å². The van der Waals surface area contributed by atoms with E-state index in [0.717, 1.165) is 16.7 Å². The number of hydrogen-bond donors (Lipinski definition) is 0. The highest BCUT2D eigenvalue weighted by Crippen LogP contribution is 2.30. The first kappa shape index (κ1) is 15.3. The number of oxazole rings is 1. The molecule has 0 saturated carbocycles. The van der Waals surface area contributed by atoms with Crippen molar-refractivity contribution in [2.45, 2.75) is 19.5 Å².